The van der Waals surface area contributed by atoms with E-state index >= 15 is 0 Å². The summed E-state index contributed by atoms with van der Waals surface area (Å²) in [4.78, 5) is 10.5. The molecular formula is C8H9NO2. The summed E-state index contributed by atoms with van der Waals surface area (Å²) in [5.41, 5.74) is 6.03. The molecule has 0 aliphatic heterocycles. The Kier molecular flexibility index (Phi) is 1.83. The number of hydrogen-bond acceptors (Lipinski definition) is 2. The first-order valence-electron chi connectivity index (χ1n) is 3.68. The Hall–Kier alpha value is -1.35. The van der Waals surface area contributed by atoms with E-state index < -0.39 is 5.97 Å². The van der Waals surface area contributed by atoms with Crippen molar-refractivity contribution in [2.75, 3.05) is 0 Å². The number of carboxylic acid groups (broad SMARTS) is 1. The van der Waals surface area contributed by atoms with Crippen LogP contribution in [0.3, 0.4) is 0 Å². The van der Waals surface area contributed by atoms with E-state index in [9.17, 15) is 4.79 Å². The number of carboxylic acids is 1. The molecule has 0 amide bonds. The first-order chi connectivity index (χ1) is 5.65. The Morgan fingerprint density at radius 1 is 1.82 bits per heavy atom. The summed E-state index contributed by atoms with van der Waals surface area (Å²) in [5, 5.41) is 8.59. The number of rotatable bonds is 2. The van der Waals surface area contributed by atoms with Crippen LogP contribution in [0.4, 0.5) is 0 Å². The fourth-order valence-corrected chi connectivity index (χ4v) is 0.767. The molecule has 0 saturated carbocycles. The molecule has 1 rings (SSSR count). The van der Waals surface area contributed by atoms with Crippen molar-refractivity contribution in [3.05, 3.63) is 35.4 Å². The van der Waals surface area contributed by atoms with Crippen molar-refractivity contribution in [3.8, 4) is 0 Å². The number of hydrogen-bond donors (Lipinski definition) is 2. The highest BCUT2D eigenvalue weighted by molar-refractivity contribution is 5.87. The molecule has 0 aliphatic rings. The van der Waals surface area contributed by atoms with Crippen LogP contribution in [0.25, 0.3) is 0 Å². The van der Waals surface area contributed by atoms with Gasteiger partial charge >= 0.3 is 5.97 Å². The summed E-state index contributed by atoms with van der Waals surface area (Å²) in [6.45, 7) is 0.194. The summed E-state index contributed by atoms with van der Waals surface area (Å²) in [6.07, 6.45) is 0. The van der Waals surface area contributed by atoms with E-state index in [-0.39, 0.29) is 18.2 Å². The maximum atomic E-state index is 10.5. The molecule has 1 aromatic carbocycles. The van der Waals surface area contributed by atoms with E-state index in [4.69, 9.17) is 12.2 Å². The Bertz CT molecular complexity index is 312. The molecule has 11 heavy (non-hydrogen) atoms. The van der Waals surface area contributed by atoms with Crippen LogP contribution in [0, 0.1) is 0 Å². The van der Waals surface area contributed by atoms with Gasteiger partial charge in [0.15, 0.2) is 0 Å². The minimum Gasteiger partial charge on any atom is -0.478 e. The van der Waals surface area contributed by atoms with Gasteiger partial charge in [-0.3, -0.25) is 0 Å². The number of nitrogens with two attached hydrogens (primary N) is 1. The molecule has 0 radical (unpaired) electrons. The van der Waals surface area contributed by atoms with Crippen LogP contribution >= 0.6 is 0 Å². The summed E-state index contributed by atoms with van der Waals surface area (Å²) in [6, 6.07) is 4.53. The average molecular weight is 152 g/mol. The Morgan fingerprint density at radius 2 is 2.55 bits per heavy atom. The maximum absolute atomic E-state index is 10.5. The van der Waals surface area contributed by atoms with E-state index in [0.29, 0.717) is 5.56 Å². The first-order valence-corrected chi connectivity index (χ1v) is 3.18. The lowest BCUT2D eigenvalue weighted by Gasteiger charge is -1.97. The molecule has 0 atom stereocenters. The lowest BCUT2D eigenvalue weighted by atomic mass is 10.1. The third-order valence-corrected chi connectivity index (χ3v) is 1.33. The standard InChI is InChI=1S/C8H9NO2/c9-5-6-2-1-3-7(4-6)8(10)11/h1-4H,5,9H2,(H,10,11)/i2D. The minimum absolute atomic E-state index is 0.173. The maximum Gasteiger partial charge on any atom is 0.335 e. The molecule has 0 aromatic heterocycles. The van der Waals surface area contributed by atoms with Gasteiger partial charge in [0.2, 0.25) is 0 Å². The van der Waals surface area contributed by atoms with Gasteiger partial charge in [-0.25, -0.2) is 4.79 Å². The fraction of sp³-hybridized carbons (Fsp3) is 0.125. The van der Waals surface area contributed by atoms with E-state index in [1.165, 1.54) is 18.2 Å². The molecular weight excluding hydrogens is 142 g/mol. The smallest absolute Gasteiger partial charge is 0.335 e. The molecule has 0 unspecified atom stereocenters. The minimum atomic E-state index is -0.996. The number of carbonyl (C=O) groups is 1. The van der Waals surface area contributed by atoms with Gasteiger partial charge in [-0.15, -0.1) is 0 Å². The van der Waals surface area contributed by atoms with Gasteiger partial charge in [-0.1, -0.05) is 12.1 Å². The monoisotopic (exact) mass is 152 g/mol. The van der Waals surface area contributed by atoms with Crippen molar-refractivity contribution >= 4 is 5.97 Å². The highest BCUT2D eigenvalue weighted by Gasteiger charge is 2.00. The average Bonchev–Trinajstić information content (AvgIpc) is 2.05. The van der Waals surface area contributed by atoms with Crippen molar-refractivity contribution in [1.29, 1.82) is 0 Å². The predicted octanol–water partition coefficient (Wildman–Crippen LogP) is 0.844. The van der Waals surface area contributed by atoms with Crippen molar-refractivity contribution in [2.45, 2.75) is 6.54 Å². The SMILES string of the molecule is [2H]c1ccc(C(=O)O)cc1CN. The second kappa shape index (κ2) is 3.16. The summed E-state index contributed by atoms with van der Waals surface area (Å²) in [5.74, 6) is -0.996. The van der Waals surface area contributed by atoms with Crippen LogP contribution < -0.4 is 5.73 Å². The van der Waals surface area contributed by atoms with Crippen molar-refractivity contribution in [3.63, 3.8) is 0 Å². The molecule has 0 saturated heterocycles. The molecule has 58 valence electrons. The second-order valence-corrected chi connectivity index (χ2v) is 2.11. The van der Waals surface area contributed by atoms with Crippen LogP contribution in [-0.2, 0) is 6.54 Å². The van der Waals surface area contributed by atoms with Gasteiger partial charge in [0, 0.05) is 6.54 Å². The normalized spacial score (nSPS) is 10.8. The van der Waals surface area contributed by atoms with Crippen molar-refractivity contribution in [2.24, 2.45) is 5.73 Å². The third-order valence-electron chi connectivity index (χ3n) is 1.33. The van der Waals surface area contributed by atoms with E-state index in [1.54, 1.807) is 0 Å². The molecule has 3 N–H and O–H groups in total. The predicted molar refractivity (Wildman–Crippen MR) is 41.3 cm³/mol. The van der Waals surface area contributed by atoms with Gasteiger partial charge in [0.1, 0.15) is 0 Å². The van der Waals surface area contributed by atoms with Crippen LogP contribution in [0.5, 0.6) is 0 Å². The quantitative estimate of drug-likeness (QED) is 0.660. The Balaban J connectivity index is 3.13. The number of benzene rings is 1. The summed E-state index contributed by atoms with van der Waals surface area (Å²) >= 11 is 0. The lowest BCUT2D eigenvalue weighted by Crippen LogP contribution is -2.00. The van der Waals surface area contributed by atoms with E-state index in [1.807, 2.05) is 0 Å². The molecule has 0 bridgehead atoms. The first kappa shape index (κ1) is 6.37. The Labute approximate surface area is 65.9 Å². The topological polar surface area (TPSA) is 63.3 Å². The zero-order valence-corrected chi connectivity index (χ0v) is 5.87. The lowest BCUT2D eigenvalue weighted by molar-refractivity contribution is 0.0697. The van der Waals surface area contributed by atoms with E-state index in [2.05, 4.69) is 0 Å². The van der Waals surface area contributed by atoms with Crippen LogP contribution in [0.1, 0.15) is 17.3 Å². The molecule has 0 heterocycles. The Morgan fingerprint density at radius 3 is 3.09 bits per heavy atom. The zero-order chi connectivity index (χ0) is 9.14. The third kappa shape index (κ3) is 1.78. The molecule has 0 fully saturated rings. The fourth-order valence-electron chi connectivity index (χ4n) is 0.767. The molecule has 3 heteroatoms. The summed E-state index contributed by atoms with van der Waals surface area (Å²) < 4.78 is 7.34. The number of aromatic carboxylic acids is 1. The highest BCUT2D eigenvalue weighted by atomic mass is 16.4. The van der Waals surface area contributed by atoms with Crippen LogP contribution in [0.2, 0.25) is 0 Å². The van der Waals surface area contributed by atoms with Crippen LogP contribution in [0.15, 0.2) is 24.2 Å². The van der Waals surface area contributed by atoms with Gasteiger partial charge in [-0.2, -0.15) is 0 Å². The van der Waals surface area contributed by atoms with E-state index in [0.717, 1.165) is 0 Å². The molecule has 3 nitrogen and oxygen atoms in total. The summed E-state index contributed by atoms with van der Waals surface area (Å²) in [7, 11) is 0. The van der Waals surface area contributed by atoms with Gasteiger partial charge < -0.3 is 10.8 Å². The van der Waals surface area contributed by atoms with Gasteiger partial charge in [0.05, 0.1) is 6.93 Å². The van der Waals surface area contributed by atoms with Crippen molar-refractivity contribution in [1.82, 2.24) is 0 Å². The molecule has 0 aliphatic carbocycles. The van der Waals surface area contributed by atoms with Crippen molar-refractivity contribution < 1.29 is 11.3 Å². The highest BCUT2D eigenvalue weighted by Crippen LogP contribution is 2.03. The molecule has 1 aromatic rings. The van der Waals surface area contributed by atoms with Gasteiger partial charge in [0.25, 0.3) is 0 Å². The van der Waals surface area contributed by atoms with Gasteiger partial charge in [-0.05, 0) is 17.7 Å². The molecule has 0 spiro atoms. The largest absolute Gasteiger partial charge is 0.478 e. The second-order valence-electron chi connectivity index (χ2n) is 2.11. The van der Waals surface area contributed by atoms with Crippen LogP contribution in [-0.4, -0.2) is 11.1 Å². The zero-order valence-electron chi connectivity index (χ0n) is 6.87.